The lowest BCUT2D eigenvalue weighted by molar-refractivity contribution is -0.0504. The molecule has 0 unspecified atom stereocenters. The average molecular weight is 526 g/mol. The fourth-order valence-corrected chi connectivity index (χ4v) is 3.23. The molecule has 0 amide bonds. The molecule has 2 N–H and O–H groups in total. The molecule has 1 heterocycles. The van der Waals surface area contributed by atoms with Gasteiger partial charge in [0.05, 0.1) is 7.11 Å². The normalized spacial score (nSPS) is 15.7. The molecule has 1 aliphatic heterocycles. The fraction of sp³-hybridized carbons (Fsp3) is 0.650. The number of alkyl halides is 2. The van der Waals surface area contributed by atoms with Crippen LogP contribution in [-0.4, -0.2) is 57.8 Å². The van der Waals surface area contributed by atoms with Crippen LogP contribution in [-0.2, 0) is 6.54 Å². The van der Waals surface area contributed by atoms with Gasteiger partial charge >= 0.3 is 6.61 Å². The molecule has 0 radical (unpaired) electrons. The Morgan fingerprint density at radius 3 is 2.62 bits per heavy atom. The summed E-state index contributed by atoms with van der Waals surface area (Å²) in [6.07, 6.45) is 3.58. The van der Waals surface area contributed by atoms with Crippen LogP contribution in [0.2, 0.25) is 0 Å². The number of rotatable bonds is 9. The molecule has 0 aliphatic carbocycles. The number of methoxy groups -OCH3 is 1. The van der Waals surface area contributed by atoms with Crippen LogP contribution in [0.3, 0.4) is 0 Å². The van der Waals surface area contributed by atoms with E-state index in [4.69, 9.17) is 4.74 Å². The standard InChI is InChI=1S/C20H32F2N4O2.HI/c1-15-7-11-26(12-8-15)10-4-9-24-20(23-2)25-14-16-13-17(27-3)5-6-18(16)28-19(21)22;/h5-6,13,15,19H,4,7-12,14H2,1-3H3,(H2,23,24,25);1H. The molecular formula is C20H33F2IN4O2. The van der Waals surface area contributed by atoms with E-state index in [1.165, 1.54) is 39.1 Å². The zero-order valence-corrected chi connectivity index (χ0v) is 19.7. The second-order valence-electron chi connectivity index (χ2n) is 7.08. The van der Waals surface area contributed by atoms with Gasteiger partial charge in [-0.3, -0.25) is 4.99 Å². The van der Waals surface area contributed by atoms with E-state index in [9.17, 15) is 8.78 Å². The highest BCUT2D eigenvalue weighted by Gasteiger charge is 2.15. The maximum absolute atomic E-state index is 12.6. The van der Waals surface area contributed by atoms with Gasteiger partial charge in [-0.05, 0) is 63.0 Å². The molecule has 6 nitrogen and oxygen atoms in total. The molecule has 0 saturated carbocycles. The Bertz CT molecular complexity index is 626. The Morgan fingerprint density at radius 1 is 1.28 bits per heavy atom. The van der Waals surface area contributed by atoms with E-state index in [1.54, 1.807) is 19.2 Å². The third-order valence-corrected chi connectivity index (χ3v) is 4.97. The highest BCUT2D eigenvalue weighted by molar-refractivity contribution is 14.0. The van der Waals surface area contributed by atoms with E-state index < -0.39 is 6.61 Å². The van der Waals surface area contributed by atoms with Gasteiger partial charge in [0, 0.05) is 25.7 Å². The number of ether oxygens (including phenoxy) is 2. The Labute approximate surface area is 189 Å². The Morgan fingerprint density at radius 2 is 2.00 bits per heavy atom. The first-order chi connectivity index (χ1) is 13.5. The number of halogens is 3. The van der Waals surface area contributed by atoms with Crippen molar-refractivity contribution in [1.82, 2.24) is 15.5 Å². The Hall–Kier alpha value is -1.36. The van der Waals surface area contributed by atoms with Crippen molar-refractivity contribution in [2.45, 2.75) is 39.3 Å². The summed E-state index contributed by atoms with van der Waals surface area (Å²) >= 11 is 0. The number of piperidine rings is 1. The first-order valence-corrected chi connectivity index (χ1v) is 9.80. The summed E-state index contributed by atoms with van der Waals surface area (Å²) in [7, 11) is 3.22. The molecule has 1 aromatic rings. The van der Waals surface area contributed by atoms with Gasteiger partial charge < -0.3 is 25.0 Å². The number of likely N-dealkylation sites (tertiary alicyclic amines) is 1. The number of aliphatic imine (C=N–C) groups is 1. The van der Waals surface area contributed by atoms with Crippen molar-refractivity contribution in [3.05, 3.63) is 23.8 Å². The molecule has 0 spiro atoms. The zero-order valence-electron chi connectivity index (χ0n) is 17.4. The van der Waals surface area contributed by atoms with Gasteiger partial charge in [-0.1, -0.05) is 6.92 Å². The summed E-state index contributed by atoms with van der Waals surface area (Å²) < 4.78 is 35.0. The molecule has 0 aromatic heterocycles. The number of benzene rings is 1. The number of hydrogen-bond donors (Lipinski definition) is 2. The number of hydrogen-bond acceptors (Lipinski definition) is 4. The Kier molecular flexibility index (Phi) is 12.2. The number of guanidine groups is 1. The highest BCUT2D eigenvalue weighted by atomic mass is 127. The molecule has 29 heavy (non-hydrogen) atoms. The van der Waals surface area contributed by atoms with Gasteiger partial charge in [-0.2, -0.15) is 8.78 Å². The van der Waals surface area contributed by atoms with Crippen LogP contribution in [0.15, 0.2) is 23.2 Å². The van der Waals surface area contributed by atoms with E-state index in [0.29, 0.717) is 23.8 Å². The largest absolute Gasteiger partial charge is 0.497 e. The third-order valence-electron chi connectivity index (χ3n) is 4.97. The molecule has 2 rings (SSSR count). The minimum absolute atomic E-state index is 0. The summed E-state index contributed by atoms with van der Waals surface area (Å²) in [5.74, 6) is 2.17. The van der Waals surface area contributed by atoms with Crippen LogP contribution in [0.25, 0.3) is 0 Å². The van der Waals surface area contributed by atoms with Crippen molar-refractivity contribution in [1.29, 1.82) is 0 Å². The van der Waals surface area contributed by atoms with Gasteiger partial charge in [-0.25, -0.2) is 0 Å². The summed E-state index contributed by atoms with van der Waals surface area (Å²) in [5.41, 5.74) is 0.574. The maximum atomic E-state index is 12.6. The smallest absolute Gasteiger partial charge is 0.387 e. The van der Waals surface area contributed by atoms with Crippen LogP contribution in [0.4, 0.5) is 8.78 Å². The fourth-order valence-electron chi connectivity index (χ4n) is 3.23. The minimum Gasteiger partial charge on any atom is -0.497 e. The predicted octanol–water partition coefficient (Wildman–Crippen LogP) is 3.70. The van der Waals surface area contributed by atoms with E-state index in [-0.39, 0.29) is 29.7 Å². The maximum Gasteiger partial charge on any atom is 0.387 e. The predicted molar refractivity (Wildman–Crippen MR) is 123 cm³/mol. The van der Waals surface area contributed by atoms with Gasteiger partial charge in [0.25, 0.3) is 0 Å². The lowest BCUT2D eigenvalue weighted by Crippen LogP contribution is -2.39. The molecule has 0 atom stereocenters. The van der Waals surface area contributed by atoms with Gasteiger partial charge in [-0.15, -0.1) is 24.0 Å². The molecule has 9 heteroatoms. The zero-order chi connectivity index (χ0) is 20.4. The molecule has 1 saturated heterocycles. The van der Waals surface area contributed by atoms with Crippen LogP contribution >= 0.6 is 24.0 Å². The highest BCUT2D eigenvalue weighted by Crippen LogP contribution is 2.25. The second kappa shape index (κ2) is 13.8. The third kappa shape index (κ3) is 9.33. The van der Waals surface area contributed by atoms with Crippen molar-refractivity contribution in [3.63, 3.8) is 0 Å². The van der Waals surface area contributed by atoms with Gasteiger partial charge in [0.2, 0.25) is 0 Å². The van der Waals surface area contributed by atoms with Crippen molar-refractivity contribution in [2.75, 3.05) is 40.3 Å². The van der Waals surface area contributed by atoms with E-state index in [1.807, 2.05) is 0 Å². The minimum atomic E-state index is -2.87. The second-order valence-corrected chi connectivity index (χ2v) is 7.08. The Balaban J connectivity index is 0.00000420. The van der Waals surface area contributed by atoms with Gasteiger partial charge in [0.15, 0.2) is 5.96 Å². The molecule has 1 fully saturated rings. The van der Waals surface area contributed by atoms with Crippen LogP contribution in [0, 0.1) is 5.92 Å². The molecule has 1 aliphatic rings. The molecule has 1 aromatic carbocycles. The molecular weight excluding hydrogens is 493 g/mol. The summed E-state index contributed by atoms with van der Waals surface area (Å²) in [5, 5.41) is 6.41. The van der Waals surface area contributed by atoms with Crippen LogP contribution in [0.1, 0.15) is 31.7 Å². The summed E-state index contributed by atoms with van der Waals surface area (Å²) in [6, 6.07) is 4.75. The van der Waals surface area contributed by atoms with Crippen molar-refractivity contribution >= 4 is 29.9 Å². The lowest BCUT2D eigenvalue weighted by Gasteiger charge is -2.30. The van der Waals surface area contributed by atoms with E-state index in [2.05, 4.69) is 32.2 Å². The van der Waals surface area contributed by atoms with Crippen LogP contribution < -0.4 is 20.1 Å². The van der Waals surface area contributed by atoms with Crippen molar-refractivity contribution in [3.8, 4) is 11.5 Å². The topological polar surface area (TPSA) is 58.1 Å². The average Bonchev–Trinajstić information content (AvgIpc) is 2.69. The van der Waals surface area contributed by atoms with Gasteiger partial charge in [0.1, 0.15) is 11.5 Å². The number of nitrogens with zero attached hydrogens (tertiary/aromatic N) is 2. The van der Waals surface area contributed by atoms with Crippen LogP contribution in [0.5, 0.6) is 11.5 Å². The first-order valence-electron chi connectivity index (χ1n) is 9.80. The summed E-state index contributed by atoms with van der Waals surface area (Å²) in [6.45, 7) is 3.96. The van der Waals surface area contributed by atoms with E-state index >= 15 is 0 Å². The van der Waals surface area contributed by atoms with E-state index in [0.717, 1.165) is 25.4 Å². The monoisotopic (exact) mass is 526 g/mol. The number of nitrogens with one attached hydrogen (secondary N) is 2. The molecule has 166 valence electrons. The molecule has 0 bridgehead atoms. The van der Waals surface area contributed by atoms with Crippen molar-refractivity contribution < 1.29 is 18.3 Å². The lowest BCUT2D eigenvalue weighted by atomic mass is 9.99. The quantitative estimate of drug-likeness (QED) is 0.223. The first kappa shape index (κ1) is 25.7. The van der Waals surface area contributed by atoms with Crippen molar-refractivity contribution in [2.24, 2.45) is 10.9 Å². The SMILES string of the molecule is CN=C(NCCCN1CCC(C)CC1)NCc1cc(OC)ccc1OC(F)F.I. The summed E-state index contributed by atoms with van der Waals surface area (Å²) in [4.78, 5) is 6.69.